The average molecular weight is 208 g/mol. The van der Waals surface area contributed by atoms with Crippen molar-refractivity contribution in [3.63, 3.8) is 0 Å². The van der Waals surface area contributed by atoms with Crippen LogP contribution in [0.3, 0.4) is 0 Å². The molecule has 2 heterocycles. The maximum absolute atomic E-state index is 5.56. The molecule has 1 aliphatic rings. The van der Waals surface area contributed by atoms with Gasteiger partial charge in [-0.25, -0.2) is 0 Å². The molecule has 84 valence electrons. The Morgan fingerprint density at radius 2 is 2.07 bits per heavy atom. The summed E-state index contributed by atoms with van der Waals surface area (Å²) in [6.45, 7) is 6.00. The monoisotopic (exact) mass is 208 g/mol. The van der Waals surface area contributed by atoms with Crippen LogP contribution in [0.5, 0.6) is 0 Å². The molecule has 1 aromatic heterocycles. The summed E-state index contributed by atoms with van der Waals surface area (Å²) >= 11 is 0. The molecule has 2 N–H and O–H groups in total. The number of likely N-dealkylation sites (tertiary alicyclic amines) is 1. The molecule has 1 saturated heterocycles. The molecular formula is C12H20N2O. The molecule has 0 spiro atoms. The summed E-state index contributed by atoms with van der Waals surface area (Å²) in [4.78, 5) is 2.50. The fourth-order valence-electron chi connectivity index (χ4n) is 2.20. The third-order valence-corrected chi connectivity index (χ3v) is 3.12. The third kappa shape index (κ3) is 2.61. The molecule has 0 aromatic carbocycles. The highest BCUT2D eigenvalue weighted by atomic mass is 16.3. The van der Waals surface area contributed by atoms with Crippen LogP contribution in [0.25, 0.3) is 0 Å². The first-order valence-electron chi connectivity index (χ1n) is 5.80. The van der Waals surface area contributed by atoms with Gasteiger partial charge in [-0.1, -0.05) is 6.42 Å². The number of furan rings is 1. The maximum atomic E-state index is 5.56. The summed E-state index contributed by atoms with van der Waals surface area (Å²) in [5.74, 6) is 1.93. The summed E-state index contributed by atoms with van der Waals surface area (Å²) < 4.78 is 5.55. The SMILES string of the molecule is Cc1oc(CN)cc1CN1CCCCC1. The van der Waals surface area contributed by atoms with E-state index in [0.29, 0.717) is 6.54 Å². The largest absolute Gasteiger partial charge is 0.465 e. The van der Waals surface area contributed by atoms with Gasteiger partial charge in [-0.15, -0.1) is 0 Å². The Labute approximate surface area is 91.2 Å². The second-order valence-electron chi connectivity index (χ2n) is 4.34. The van der Waals surface area contributed by atoms with Crippen LogP contribution in [-0.2, 0) is 13.1 Å². The minimum atomic E-state index is 0.501. The van der Waals surface area contributed by atoms with Crippen LogP contribution in [0.4, 0.5) is 0 Å². The van der Waals surface area contributed by atoms with Gasteiger partial charge in [0.2, 0.25) is 0 Å². The van der Waals surface area contributed by atoms with Gasteiger partial charge >= 0.3 is 0 Å². The minimum Gasteiger partial charge on any atom is -0.465 e. The molecule has 3 nitrogen and oxygen atoms in total. The first-order chi connectivity index (χ1) is 7.29. The molecular weight excluding hydrogens is 188 g/mol. The zero-order valence-electron chi connectivity index (χ0n) is 9.46. The van der Waals surface area contributed by atoms with E-state index in [1.54, 1.807) is 0 Å². The van der Waals surface area contributed by atoms with E-state index in [1.165, 1.54) is 37.9 Å². The lowest BCUT2D eigenvalue weighted by atomic mass is 10.1. The van der Waals surface area contributed by atoms with Crippen molar-refractivity contribution in [1.29, 1.82) is 0 Å². The molecule has 0 bridgehead atoms. The van der Waals surface area contributed by atoms with Crippen LogP contribution in [0.1, 0.15) is 36.3 Å². The van der Waals surface area contributed by atoms with E-state index in [2.05, 4.69) is 11.0 Å². The van der Waals surface area contributed by atoms with Crippen LogP contribution < -0.4 is 5.73 Å². The van der Waals surface area contributed by atoms with Gasteiger partial charge in [0.05, 0.1) is 6.54 Å². The fourth-order valence-corrected chi connectivity index (χ4v) is 2.20. The Balaban J connectivity index is 1.99. The summed E-state index contributed by atoms with van der Waals surface area (Å²) in [5.41, 5.74) is 6.86. The molecule has 1 fully saturated rings. The van der Waals surface area contributed by atoms with Crippen molar-refractivity contribution in [2.24, 2.45) is 5.73 Å². The van der Waals surface area contributed by atoms with Crippen LogP contribution in [-0.4, -0.2) is 18.0 Å². The molecule has 3 heteroatoms. The van der Waals surface area contributed by atoms with Crippen molar-refractivity contribution in [3.05, 3.63) is 23.2 Å². The Hall–Kier alpha value is -0.800. The first-order valence-corrected chi connectivity index (χ1v) is 5.80. The van der Waals surface area contributed by atoms with Gasteiger partial charge in [0.15, 0.2) is 0 Å². The molecule has 0 radical (unpaired) electrons. The second-order valence-corrected chi connectivity index (χ2v) is 4.34. The molecule has 0 unspecified atom stereocenters. The molecule has 1 aliphatic heterocycles. The molecule has 0 saturated carbocycles. The summed E-state index contributed by atoms with van der Waals surface area (Å²) in [7, 11) is 0. The zero-order valence-corrected chi connectivity index (χ0v) is 9.46. The van der Waals surface area contributed by atoms with Gasteiger partial charge in [-0.3, -0.25) is 4.90 Å². The highest BCUT2D eigenvalue weighted by molar-refractivity contribution is 5.20. The third-order valence-electron chi connectivity index (χ3n) is 3.12. The average Bonchev–Trinajstić information content (AvgIpc) is 2.61. The normalized spacial score (nSPS) is 18.3. The Bertz CT molecular complexity index is 313. The summed E-state index contributed by atoms with van der Waals surface area (Å²) in [5, 5.41) is 0. The maximum Gasteiger partial charge on any atom is 0.118 e. The van der Waals surface area contributed by atoms with Crippen molar-refractivity contribution >= 4 is 0 Å². The predicted molar refractivity (Wildman–Crippen MR) is 60.5 cm³/mol. The van der Waals surface area contributed by atoms with Crippen LogP contribution in [0.2, 0.25) is 0 Å². The highest BCUT2D eigenvalue weighted by Crippen LogP contribution is 2.18. The van der Waals surface area contributed by atoms with Gasteiger partial charge in [0.1, 0.15) is 11.5 Å². The van der Waals surface area contributed by atoms with E-state index in [1.807, 2.05) is 6.92 Å². The van der Waals surface area contributed by atoms with Gasteiger partial charge in [0, 0.05) is 12.1 Å². The Morgan fingerprint density at radius 1 is 1.33 bits per heavy atom. The number of nitrogens with two attached hydrogens (primary N) is 1. The van der Waals surface area contributed by atoms with E-state index in [4.69, 9.17) is 10.2 Å². The number of rotatable bonds is 3. The second kappa shape index (κ2) is 4.81. The fraction of sp³-hybridized carbons (Fsp3) is 0.667. The number of piperidine rings is 1. The molecule has 0 atom stereocenters. The predicted octanol–water partition coefficient (Wildman–Crippen LogP) is 2.03. The lowest BCUT2D eigenvalue weighted by Gasteiger charge is -2.25. The summed E-state index contributed by atoms with van der Waals surface area (Å²) in [6.07, 6.45) is 4.05. The van der Waals surface area contributed by atoms with Gasteiger partial charge in [0.25, 0.3) is 0 Å². The molecule has 2 rings (SSSR count). The van der Waals surface area contributed by atoms with Crippen molar-refractivity contribution in [1.82, 2.24) is 4.90 Å². The van der Waals surface area contributed by atoms with Crippen LogP contribution in [0.15, 0.2) is 10.5 Å². The van der Waals surface area contributed by atoms with E-state index in [0.717, 1.165) is 18.1 Å². The smallest absolute Gasteiger partial charge is 0.118 e. The standard InChI is InChI=1S/C12H20N2O/c1-10-11(7-12(8-13)15-10)9-14-5-3-2-4-6-14/h7H,2-6,8-9,13H2,1H3. The van der Waals surface area contributed by atoms with Gasteiger partial charge in [-0.2, -0.15) is 0 Å². The minimum absolute atomic E-state index is 0.501. The van der Waals surface area contributed by atoms with Crippen molar-refractivity contribution in [2.45, 2.75) is 39.3 Å². The topological polar surface area (TPSA) is 42.4 Å². The molecule has 15 heavy (non-hydrogen) atoms. The summed E-state index contributed by atoms with van der Waals surface area (Å²) in [6, 6.07) is 2.10. The van der Waals surface area contributed by atoms with E-state index in [-0.39, 0.29) is 0 Å². The Morgan fingerprint density at radius 3 is 2.67 bits per heavy atom. The first kappa shape index (κ1) is 10.7. The number of aryl methyl sites for hydroxylation is 1. The molecule has 0 aliphatic carbocycles. The van der Waals surface area contributed by atoms with Crippen LogP contribution in [0, 0.1) is 6.92 Å². The van der Waals surface area contributed by atoms with Crippen LogP contribution >= 0.6 is 0 Å². The Kier molecular flexibility index (Phi) is 3.44. The molecule has 1 aromatic rings. The van der Waals surface area contributed by atoms with E-state index >= 15 is 0 Å². The van der Waals surface area contributed by atoms with E-state index in [9.17, 15) is 0 Å². The van der Waals surface area contributed by atoms with E-state index < -0.39 is 0 Å². The van der Waals surface area contributed by atoms with Gasteiger partial charge in [-0.05, 0) is 38.9 Å². The number of hydrogen-bond acceptors (Lipinski definition) is 3. The number of nitrogens with zero attached hydrogens (tertiary/aromatic N) is 1. The molecule has 0 amide bonds. The highest BCUT2D eigenvalue weighted by Gasteiger charge is 2.13. The van der Waals surface area contributed by atoms with Crippen molar-refractivity contribution < 1.29 is 4.42 Å². The lowest BCUT2D eigenvalue weighted by molar-refractivity contribution is 0.219. The van der Waals surface area contributed by atoms with Gasteiger partial charge < -0.3 is 10.2 Å². The van der Waals surface area contributed by atoms with Crippen molar-refractivity contribution in [2.75, 3.05) is 13.1 Å². The zero-order chi connectivity index (χ0) is 10.7. The quantitative estimate of drug-likeness (QED) is 0.826. The lowest BCUT2D eigenvalue weighted by Crippen LogP contribution is -2.29. The number of hydrogen-bond donors (Lipinski definition) is 1. The van der Waals surface area contributed by atoms with Crippen molar-refractivity contribution in [3.8, 4) is 0 Å².